The molecule has 0 aliphatic rings. The zero-order chi connectivity index (χ0) is 4.12. The van der Waals surface area contributed by atoms with Gasteiger partial charge in [-0.1, -0.05) is 0 Å². The van der Waals surface area contributed by atoms with E-state index < -0.39 is 0 Å². The summed E-state index contributed by atoms with van der Waals surface area (Å²) in [4.78, 5) is 8.98. The molecule has 0 heterocycles. The standard InChI is InChI=1S/C3H2O2/c4-2-1-3-5/h2,4H. The Hall–Kier alpha value is -0.970. The lowest BCUT2D eigenvalue weighted by atomic mass is 10.9. The van der Waals surface area contributed by atoms with Gasteiger partial charge in [0.1, 0.15) is 6.26 Å². The summed E-state index contributed by atoms with van der Waals surface area (Å²) in [6, 6.07) is 0. The molecular formula is C3H2O2. The van der Waals surface area contributed by atoms with E-state index in [1.165, 1.54) is 5.94 Å². The minimum atomic E-state index is 0.507. The fourth-order valence-corrected chi connectivity index (χ4v) is 0.0264. The van der Waals surface area contributed by atoms with Crippen molar-refractivity contribution in [2.45, 2.75) is 0 Å². The fourth-order valence-electron chi connectivity index (χ4n) is 0.0264. The maximum Gasteiger partial charge on any atom is 0.180 e. The van der Waals surface area contributed by atoms with Crippen molar-refractivity contribution >= 4 is 5.94 Å². The van der Waals surface area contributed by atoms with E-state index in [0.717, 1.165) is 0 Å². The average molecular weight is 70.0 g/mol. The maximum absolute atomic E-state index is 8.98. The molecule has 0 spiro atoms. The van der Waals surface area contributed by atoms with Crippen LogP contribution in [0.1, 0.15) is 0 Å². The Kier molecular flexibility index (Phi) is 2.44. The smallest absolute Gasteiger partial charge is 0.180 e. The SMILES string of the molecule is O=C=C=CO. The highest BCUT2D eigenvalue weighted by molar-refractivity contribution is 5.42. The highest BCUT2D eigenvalue weighted by Crippen LogP contribution is 1.37. The molecule has 0 rings (SSSR count). The normalized spacial score (nSPS) is 4.00. The second-order valence-electron chi connectivity index (χ2n) is 0.375. The Balaban J connectivity index is 3.75. The highest BCUT2D eigenvalue weighted by atomic mass is 16.2. The first-order valence-electron chi connectivity index (χ1n) is 1.00. The van der Waals surface area contributed by atoms with E-state index >= 15 is 0 Å². The first kappa shape index (κ1) is 4.03. The Labute approximate surface area is 29.0 Å². The lowest BCUT2D eigenvalue weighted by molar-refractivity contribution is 0.474. The second kappa shape index (κ2) is 3.03. The van der Waals surface area contributed by atoms with Crippen LogP contribution >= 0.6 is 0 Å². The Morgan fingerprint density at radius 1 is 1.80 bits per heavy atom. The van der Waals surface area contributed by atoms with Crippen LogP contribution in [0.4, 0.5) is 0 Å². The molecule has 0 amide bonds. The zero-order valence-corrected chi connectivity index (χ0v) is 2.43. The Morgan fingerprint density at radius 2 is 2.40 bits per heavy atom. The minimum absolute atomic E-state index is 0.507. The van der Waals surface area contributed by atoms with Crippen LogP contribution in [0.5, 0.6) is 0 Å². The first-order valence-corrected chi connectivity index (χ1v) is 1.00. The maximum atomic E-state index is 8.98. The van der Waals surface area contributed by atoms with E-state index in [1.54, 1.807) is 5.73 Å². The summed E-state index contributed by atoms with van der Waals surface area (Å²) in [5, 5.41) is 7.57. The van der Waals surface area contributed by atoms with Crippen molar-refractivity contribution in [2.24, 2.45) is 0 Å². The van der Waals surface area contributed by atoms with Crippen LogP contribution in [0, 0.1) is 0 Å². The van der Waals surface area contributed by atoms with Crippen molar-refractivity contribution in [1.29, 1.82) is 0 Å². The monoisotopic (exact) mass is 70.0 g/mol. The first-order chi connectivity index (χ1) is 2.41. The third-order valence-corrected chi connectivity index (χ3v) is 0.123. The summed E-state index contributed by atoms with van der Waals surface area (Å²) >= 11 is 0. The third-order valence-electron chi connectivity index (χ3n) is 0.123. The van der Waals surface area contributed by atoms with Gasteiger partial charge in [0.05, 0.1) is 0 Å². The van der Waals surface area contributed by atoms with Gasteiger partial charge >= 0.3 is 0 Å². The number of hydrogen-bond donors (Lipinski definition) is 1. The average Bonchev–Trinajstić information content (AvgIpc) is 1.41. The summed E-state index contributed by atoms with van der Waals surface area (Å²) in [5.41, 5.74) is 1.74. The minimum Gasteiger partial charge on any atom is -0.507 e. The Morgan fingerprint density at radius 3 is 2.40 bits per heavy atom. The Bertz CT molecular complexity index is 83.1. The number of carbonyl (C=O) groups excluding carboxylic acids is 1. The van der Waals surface area contributed by atoms with Crippen molar-refractivity contribution in [3.63, 3.8) is 0 Å². The van der Waals surface area contributed by atoms with Crippen LogP contribution < -0.4 is 0 Å². The van der Waals surface area contributed by atoms with Crippen LogP contribution in [-0.4, -0.2) is 11.0 Å². The lowest BCUT2D eigenvalue weighted by Crippen LogP contribution is -1.38. The van der Waals surface area contributed by atoms with E-state index in [2.05, 4.69) is 0 Å². The summed E-state index contributed by atoms with van der Waals surface area (Å²) in [7, 11) is 0. The van der Waals surface area contributed by atoms with Gasteiger partial charge in [0, 0.05) is 5.73 Å². The predicted molar refractivity (Wildman–Crippen MR) is 16.4 cm³/mol. The molecule has 0 bridgehead atoms. The third kappa shape index (κ3) is 3.03. The molecule has 0 aliphatic heterocycles. The topological polar surface area (TPSA) is 37.3 Å². The highest BCUT2D eigenvalue weighted by Gasteiger charge is 1.35. The van der Waals surface area contributed by atoms with Gasteiger partial charge in [0.15, 0.2) is 5.94 Å². The van der Waals surface area contributed by atoms with Gasteiger partial charge in [-0.2, -0.15) is 0 Å². The summed E-state index contributed by atoms with van der Waals surface area (Å²) in [5.74, 6) is 1.21. The van der Waals surface area contributed by atoms with E-state index in [9.17, 15) is 0 Å². The summed E-state index contributed by atoms with van der Waals surface area (Å²) < 4.78 is 0. The molecule has 0 atom stereocenters. The zero-order valence-electron chi connectivity index (χ0n) is 2.43. The quantitative estimate of drug-likeness (QED) is 0.248. The lowest BCUT2D eigenvalue weighted by Gasteiger charge is -1.43. The van der Waals surface area contributed by atoms with Gasteiger partial charge in [-0.25, -0.2) is 4.79 Å². The van der Waals surface area contributed by atoms with Crippen LogP contribution in [0.3, 0.4) is 0 Å². The van der Waals surface area contributed by atoms with Crippen molar-refractivity contribution in [2.75, 3.05) is 0 Å². The molecule has 0 aromatic heterocycles. The van der Waals surface area contributed by atoms with Crippen molar-refractivity contribution in [3.8, 4) is 0 Å². The van der Waals surface area contributed by atoms with Crippen LogP contribution in [0.25, 0.3) is 0 Å². The van der Waals surface area contributed by atoms with Crippen molar-refractivity contribution in [1.82, 2.24) is 0 Å². The predicted octanol–water partition coefficient (Wildman–Crippen LogP) is 0.0448. The van der Waals surface area contributed by atoms with E-state index in [0.29, 0.717) is 6.26 Å². The summed E-state index contributed by atoms with van der Waals surface area (Å²) in [6.45, 7) is 0. The van der Waals surface area contributed by atoms with Gasteiger partial charge in [0.2, 0.25) is 0 Å². The molecule has 0 aromatic carbocycles. The molecule has 5 heavy (non-hydrogen) atoms. The van der Waals surface area contributed by atoms with Gasteiger partial charge in [-0.05, 0) is 0 Å². The molecule has 0 aromatic rings. The molecule has 2 nitrogen and oxygen atoms in total. The van der Waals surface area contributed by atoms with Crippen LogP contribution in [0.15, 0.2) is 12.0 Å². The molecule has 0 aliphatic carbocycles. The molecule has 1 N–H and O–H groups in total. The number of hydrogen-bond acceptors (Lipinski definition) is 2. The molecule has 0 unspecified atom stereocenters. The number of rotatable bonds is 0. The van der Waals surface area contributed by atoms with Gasteiger partial charge in [-0.15, -0.1) is 0 Å². The fraction of sp³-hybridized carbons (Fsp3) is 0. The molecule has 0 fully saturated rings. The van der Waals surface area contributed by atoms with Crippen molar-refractivity contribution < 1.29 is 9.90 Å². The van der Waals surface area contributed by atoms with E-state index in [-0.39, 0.29) is 0 Å². The van der Waals surface area contributed by atoms with Crippen LogP contribution in [-0.2, 0) is 4.79 Å². The van der Waals surface area contributed by atoms with Gasteiger partial charge in [0.25, 0.3) is 0 Å². The molecule has 2 heteroatoms. The molecule has 0 saturated carbocycles. The van der Waals surface area contributed by atoms with Gasteiger partial charge in [-0.3, -0.25) is 0 Å². The van der Waals surface area contributed by atoms with Gasteiger partial charge < -0.3 is 5.11 Å². The number of aliphatic hydroxyl groups excluding tert-OH is 1. The molecule has 0 saturated heterocycles. The summed E-state index contributed by atoms with van der Waals surface area (Å²) in [6.07, 6.45) is 0.507. The number of aliphatic hydroxyl groups is 1. The molecule has 26 valence electrons. The second-order valence-corrected chi connectivity index (χ2v) is 0.375. The largest absolute Gasteiger partial charge is 0.507 e. The van der Waals surface area contributed by atoms with Crippen LogP contribution in [0.2, 0.25) is 0 Å². The van der Waals surface area contributed by atoms with Crippen molar-refractivity contribution in [3.05, 3.63) is 12.0 Å². The van der Waals surface area contributed by atoms with E-state index in [4.69, 9.17) is 9.90 Å². The molecule has 0 radical (unpaired) electrons. The van der Waals surface area contributed by atoms with E-state index in [1.807, 2.05) is 0 Å². The molecular weight excluding hydrogens is 68.0 g/mol.